The second-order valence-corrected chi connectivity index (χ2v) is 6.08. The van der Waals surface area contributed by atoms with Gasteiger partial charge in [0.25, 0.3) is 0 Å². The summed E-state index contributed by atoms with van der Waals surface area (Å²) >= 11 is 0. The molecule has 0 aliphatic heterocycles. The first-order valence-corrected chi connectivity index (χ1v) is 8.47. The molecule has 4 aromatic rings. The second kappa shape index (κ2) is 7.03. The predicted octanol–water partition coefficient (Wildman–Crippen LogP) is 3.21. The van der Waals surface area contributed by atoms with Crippen LogP contribution in [0.15, 0.2) is 43.0 Å². The van der Waals surface area contributed by atoms with Gasteiger partial charge in [-0.3, -0.25) is 9.78 Å². The lowest BCUT2D eigenvalue weighted by Crippen LogP contribution is -2.08. The minimum Gasteiger partial charge on any atom is -0.372 e. The fourth-order valence-corrected chi connectivity index (χ4v) is 2.84. The highest BCUT2D eigenvalue weighted by molar-refractivity contribution is 6.18. The van der Waals surface area contributed by atoms with Crippen molar-refractivity contribution in [1.82, 2.24) is 24.9 Å². The maximum atomic E-state index is 14.6. The Morgan fingerprint density at radius 1 is 1.11 bits per heavy atom. The van der Waals surface area contributed by atoms with Crippen LogP contribution >= 0.6 is 0 Å². The van der Waals surface area contributed by atoms with E-state index in [2.05, 4.69) is 35.6 Å². The molecule has 28 heavy (non-hydrogen) atoms. The van der Waals surface area contributed by atoms with E-state index >= 15 is 0 Å². The maximum absolute atomic E-state index is 14.6. The van der Waals surface area contributed by atoms with Crippen molar-refractivity contribution >= 4 is 34.1 Å². The van der Waals surface area contributed by atoms with Crippen molar-refractivity contribution < 1.29 is 9.18 Å². The summed E-state index contributed by atoms with van der Waals surface area (Å²) in [7, 11) is 1.69. The van der Waals surface area contributed by atoms with E-state index in [9.17, 15) is 9.18 Å². The zero-order chi connectivity index (χ0) is 19.7. The predicted molar refractivity (Wildman–Crippen MR) is 103 cm³/mol. The quantitative estimate of drug-likeness (QED) is 0.362. The number of carbonyl (C=O) groups excluding carboxylic acids is 1. The molecule has 0 spiro atoms. The number of H-pyrrole nitrogens is 1. The molecule has 140 valence electrons. The summed E-state index contributed by atoms with van der Waals surface area (Å²) in [5.41, 5.74) is 2.16. The fraction of sp³-hybridized carbons (Fsp3) is 0.105. The lowest BCUT2D eigenvalue weighted by molar-refractivity contribution is 0.103. The zero-order valence-corrected chi connectivity index (χ0v) is 15.1. The Morgan fingerprint density at radius 3 is 2.68 bits per heavy atom. The van der Waals surface area contributed by atoms with Gasteiger partial charge in [0.05, 0.1) is 28.4 Å². The Morgan fingerprint density at radius 2 is 1.96 bits per heavy atom. The number of fused-ring (bicyclic) bond motifs is 1. The van der Waals surface area contributed by atoms with Gasteiger partial charge >= 0.3 is 0 Å². The number of hydrogen-bond acceptors (Lipinski definition) is 7. The molecule has 0 aromatic carbocycles. The third-order valence-electron chi connectivity index (χ3n) is 4.23. The number of rotatable bonds is 5. The zero-order valence-electron chi connectivity index (χ0n) is 15.1. The van der Waals surface area contributed by atoms with Gasteiger partial charge in [0.1, 0.15) is 23.6 Å². The Labute approximate surface area is 159 Å². The van der Waals surface area contributed by atoms with Gasteiger partial charge in [-0.25, -0.2) is 15.0 Å². The minimum atomic E-state index is -0.868. The molecule has 0 atom stereocenters. The molecule has 0 aliphatic rings. The SMILES string of the molecule is CNc1ncnc2[nH]cc(C(=O)c3ccc(Nc4ccc(C)nc4)nc3F)c12. The molecule has 0 aliphatic carbocycles. The number of hydrogen-bond donors (Lipinski definition) is 3. The van der Waals surface area contributed by atoms with Gasteiger partial charge in [0.15, 0.2) is 5.78 Å². The maximum Gasteiger partial charge on any atom is 0.226 e. The minimum absolute atomic E-state index is 0.139. The van der Waals surface area contributed by atoms with E-state index in [-0.39, 0.29) is 16.9 Å². The highest BCUT2D eigenvalue weighted by atomic mass is 19.1. The first-order chi connectivity index (χ1) is 13.6. The van der Waals surface area contributed by atoms with Crippen molar-refractivity contribution in [3.8, 4) is 0 Å². The molecule has 4 rings (SSSR count). The molecular formula is C19H16FN7O. The number of carbonyl (C=O) groups is 1. The highest BCUT2D eigenvalue weighted by Crippen LogP contribution is 2.26. The van der Waals surface area contributed by atoms with E-state index in [1.165, 1.54) is 18.6 Å². The molecule has 0 radical (unpaired) electrons. The molecular weight excluding hydrogens is 361 g/mol. The third kappa shape index (κ3) is 3.13. The van der Waals surface area contributed by atoms with Gasteiger partial charge in [0, 0.05) is 18.9 Å². The second-order valence-electron chi connectivity index (χ2n) is 6.08. The summed E-state index contributed by atoms with van der Waals surface area (Å²) in [6.45, 7) is 1.87. The number of nitrogens with zero attached hydrogens (tertiary/aromatic N) is 4. The van der Waals surface area contributed by atoms with Crippen molar-refractivity contribution in [1.29, 1.82) is 0 Å². The normalized spacial score (nSPS) is 10.8. The molecule has 4 heterocycles. The Bertz CT molecular complexity index is 1170. The number of ketones is 1. The van der Waals surface area contributed by atoms with Crippen LogP contribution in [0.4, 0.5) is 21.7 Å². The summed E-state index contributed by atoms with van der Waals surface area (Å²) < 4.78 is 14.6. The summed E-state index contributed by atoms with van der Waals surface area (Å²) in [6, 6.07) is 6.58. The monoisotopic (exact) mass is 377 g/mol. The van der Waals surface area contributed by atoms with E-state index in [0.29, 0.717) is 22.5 Å². The number of aryl methyl sites for hydroxylation is 1. The van der Waals surface area contributed by atoms with E-state index in [0.717, 1.165) is 5.69 Å². The van der Waals surface area contributed by atoms with Gasteiger partial charge in [-0.15, -0.1) is 0 Å². The Hall–Kier alpha value is -3.88. The number of aromatic nitrogens is 5. The first-order valence-electron chi connectivity index (χ1n) is 8.47. The standard InChI is InChI=1S/C19H16FN7O/c1-10-3-4-11(7-22-10)26-14-6-5-12(17(20)27-14)16(28)13-8-23-19-15(13)18(21-2)24-9-25-19/h3-9H,1-2H3,(H,26,27)(H2,21,23,24,25). The molecule has 0 amide bonds. The first kappa shape index (κ1) is 17.5. The number of aromatic amines is 1. The van der Waals surface area contributed by atoms with Gasteiger partial charge in [-0.2, -0.15) is 4.39 Å². The van der Waals surface area contributed by atoms with Gasteiger partial charge in [-0.1, -0.05) is 0 Å². The molecule has 9 heteroatoms. The summed E-state index contributed by atoms with van der Waals surface area (Å²) in [6.07, 6.45) is 4.49. The van der Waals surface area contributed by atoms with Crippen LogP contribution in [-0.2, 0) is 0 Å². The average molecular weight is 377 g/mol. The molecule has 4 aromatic heterocycles. The average Bonchev–Trinajstić information content (AvgIpc) is 3.14. The van der Waals surface area contributed by atoms with Crippen LogP contribution in [0.2, 0.25) is 0 Å². The van der Waals surface area contributed by atoms with E-state index in [1.807, 2.05) is 19.1 Å². The van der Waals surface area contributed by atoms with Gasteiger partial charge in [0.2, 0.25) is 5.95 Å². The van der Waals surface area contributed by atoms with Crippen LogP contribution in [0.5, 0.6) is 0 Å². The van der Waals surface area contributed by atoms with Crippen LogP contribution in [0.3, 0.4) is 0 Å². The summed E-state index contributed by atoms with van der Waals surface area (Å²) in [4.78, 5) is 32.0. The molecule has 3 N–H and O–H groups in total. The van der Waals surface area contributed by atoms with Crippen molar-refractivity contribution in [2.24, 2.45) is 0 Å². The third-order valence-corrected chi connectivity index (χ3v) is 4.23. The van der Waals surface area contributed by atoms with E-state index in [4.69, 9.17) is 0 Å². The summed E-state index contributed by atoms with van der Waals surface area (Å²) in [5, 5.41) is 6.37. The van der Waals surface area contributed by atoms with Crippen molar-refractivity contribution in [2.45, 2.75) is 6.92 Å². The summed E-state index contributed by atoms with van der Waals surface area (Å²) in [5.74, 6) is -0.621. The van der Waals surface area contributed by atoms with Crippen LogP contribution in [-0.4, -0.2) is 37.8 Å². The van der Waals surface area contributed by atoms with Crippen LogP contribution < -0.4 is 10.6 Å². The smallest absolute Gasteiger partial charge is 0.226 e. The van der Waals surface area contributed by atoms with Crippen molar-refractivity contribution in [3.05, 3.63) is 65.8 Å². The van der Waals surface area contributed by atoms with Crippen molar-refractivity contribution in [3.63, 3.8) is 0 Å². The molecule has 0 fully saturated rings. The number of nitrogens with one attached hydrogen (secondary N) is 3. The molecule has 0 bridgehead atoms. The van der Waals surface area contributed by atoms with Crippen LogP contribution in [0, 0.1) is 12.9 Å². The molecule has 0 saturated carbocycles. The number of halogens is 1. The largest absolute Gasteiger partial charge is 0.372 e. The lowest BCUT2D eigenvalue weighted by Gasteiger charge is -2.08. The van der Waals surface area contributed by atoms with Crippen LogP contribution in [0.25, 0.3) is 11.0 Å². The number of anilines is 3. The van der Waals surface area contributed by atoms with Gasteiger partial charge in [-0.05, 0) is 31.2 Å². The molecule has 0 unspecified atom stereocenters. The topological polar surface area (TPSA) is 108 Å². The van der Waals surface area contributed by atoms with E-state index < -0.39 is 11.7 Å². The molecule has 8 nitrogen and oxygen atoms in total. The molecule has 0 saturated heterocycles. The van der Waals surface area contributed by atoms with Gasteiger partial charge < -0.3 is 15.6 Å². The highest BCUT2D eigenvalue weighted by Gasteiger charge is 2.21. The fourth-order valence-electron chi connectivity index (χ4n) is 2.84. The van der Waals surface area contributed by atoms with E-state index in [1.54, 1.807) is 19.3 Å². The van der Waals surface area contributed by atoms with Crippen molar-refractivity contribution in [2.75, 3.05) is 17.7 Å². The Balaban J connectivity index is 1.66. The number of pyridine rings is 2. The lowest BCUT2D eigenvalue weighted by atomic mass is 10.0. The van der Waals surface area contributed by atoms with Crippen LogP contribution in [0.1, 0.15) is 21.6 Å². The Kier molecular flexibility index (Phi) is 4.40.